The van der Waals surface area contributed by atoms with E-state index in [1.54, 1.807) is 11.8 Å². The lowest BCUT2D eigenvalue weighted by atomic mass is 10.1. The van der Waals surface area contributed by atoms with Gasteiger partial charge in [0.05, 0.1) is 5.92 Å². The van der Waals surface area contributed by atoms with Crippen LogP contribution in [0.1, 0.15) is 33.1 Å². The number of amides is 2. The van der Waals surface area contributed by atoms with Crippen LogP contribution in [0.4, 0.5) is 0 Å². The van der Waals surface area contributed by atoms with Gasteiger partial charge in [-0.1, -0.05) is 6.92 Å². The number of hydrogen-bond acceptors (Lipinski definition) is 3. The third-order valence-corrected chi connectivity index (χ3v) is 3.13. The summed E-state index contributed by atoms with van der Waals surface area (Å²) in [6.45, 7) is 4.28. The van der Waals surface area contributed by atoms with Gasteiger partial charge in [0.2, 0.25) is 11.8 Å². The quantitative estimate of drug-likeness (QED) is 0.628. The molecule has 0 radical (unpaired) electrons. The van der Waals surface area contributed by atoms with Gasteiger partial charge in [-0.15, -0.1) is 0 Å². The largest absolute Gasteiger partial charge is 0.481 e. The summed E-state index contributed by atoms with van der Waals surface area (Å²) in [4.78, 5) is 35.3. The predicted octanol–water partition coefficient (Wildman–Crippen LogP) is 0.472. The fourth-order valence-corrected chi connectivity index (χ4v) is 1.82. The maximum absolute atomic E-state index is 12.0. The maximum Gasteiger partial charge on any atom is 0.308 e. The van der Waals surface area contributed by atoms with E-state index in [-0.39, 0.29) is 24.3 Å². The SMILES string of the molecule is CC(=O)NCCCN(CC(C)C(=O)O)C(=O)C1CC1. The van der Waals surface area contributed by atoms with Crippen molar-refractivity contribution in [2.45, 2.75) is 33.1 Å². The number of carboxylic acids is 1. The molecule has 19 heavy (non-hydrogen) atoms. The van der Waals surface area contributed by atoms with Crippen LogP contribution in [0, 0.1) is 11.8 Å². The van der Waals surface area contributed by atoms with Gasteiger partial charge in [0.25, 0.3) is 0 Å². The Kier molecular flexibility index (Phi) is 5.79. The van der Waals surface area contributed by atoms with Crippen LogP contribution < -0.4 is 5.32 Å². The van der Waals surface area contributed by atoms with Crippen molar-refractivity contribution in [3.63, 3.8) is 0 Å². The van der Waals surface area contributed by atoms with Gasteiger partial charge in [-0.05, 0) is 19.3 Å². The number of hydrogen-bond donors (Lipinski definition) is 2. The van der Waals surface area contributed by atoms with Crippen LogP contribution in [-0.4, -0.2) is 47.4 Å². The fourth-order valence-electron chi connectivity index (χ4n) is 1.82. The van der Waals surface area contributed by atoms with Gasteiger partial charge in [0.15, 0.2) is 0 Å². The highest BCUT2D eigenvalue weighted by Crippen LogP contribution is 2.31. The van der Waals surface area contributed by atoms with Crippen molar-refractivity contribution in [1.82, 2.24) is 10.2 Å². The number of nitrogens with zero attached hydrogens (tertiary/aromatic N) is 1. The van der Waals surface area contributed by atoms with Gasteiger partial charge in [0.1, 0.15) is 0 Å². The summed E-state index contributed by atoms with van der Waals surface area (Å²) in [6.07, 6.45) is 2.45. The molecule has 108 valence electrons. The van der Waals surface area contributed by atoms with Gasteiger partial charge < -0.3 is 15.3 Å². The first-order valence-electron chi connectivity index (χ1n) is 6.68. The summed E-state index contributed by atoms with van der Waals surface area (Å²) in [5, 5.41) is 11.6. The van der Waals surface area contributed by atoms with Crippen molar-refractivity contribution in [2.24, 2.45) is 11.8 Å². The highest BCUT2D eigenvalue weighted by atomic mass is 16.4. The summed E-state index contributed by atoms with van der Waals surface area (Å²) in [5.41, 5.74) is 0. The second kappa shape index (κ2) is 7.11. The summed E-state index contributed by atoms with van der Waals surface area (Å²) < 4.78 is 0. The van der Waals surface area contributed by atoms with Crippen molar-refractivity contribution >= 4 is 17.8 Å². The molecule has 0 aromatic rings. The van der Waals surface area contributed by atoms with E-state index in [0.717, 1.165) is 12.8 Å². The predicted molar refractivity (Wildman–Crippen MR) is 69.4 cm³/mol. The molecule has 0 aromatic carbocycles. The van der Waals surface area contributed by atoms with Gasteiger partial charge in [-0.2, -0.15) is 0 Å². The van der Waals surface area contributed by atoms with Crippen molar-refractivity contribution in [2.75, 3.05) is 19.6 Å². The van der Waals surface area contributed by atoms with Crippen molar-refractivity contribution in [3.05, 3.63) is 0 Å². The van der Waals surface area contributed by atoms with Crippen LogP contribution in [-0.2, 0) is 14.4 Å². The van der Waals surface area contributed by atoms with Crippen LogP contribution in [0.5, 0.6) is 0 Å². The van der Waals surface area contributed by atoms with E-state index in [1.165, 1.54) is 6.92 Å². The van der Waals surface area contributed by atoms with Gasteiger partial charge in [0, 0.05) is 32.5 Å². The number of nitrogens with one attached hydrogen (secondary N) is 1. The van der Waals surface area contributed by atoms with E-state index in [4.69, 9.17) is 5.11 Å². The third kappa shape index (κ3) is 5.72. The molecule has 6 heteroatoms. The summed E-state index contributed by atoms with van der Waals surface area (Å²) in [5.74, 6) is -1.42. The zero-order chi connectivity index (χ0) is 14.4. The molecule has 2 N–H and O–H groups in total. The Morgan fingerprint density at radius 1 is 1.37 bits per heavy atom. The van der Waals surface area contributed by atoms with Crippen LogP contribution in [0.15, 0.2) is 0 Å². The Balaban J connectivity index is 2.42. The summed E-state index contributed by atoms with van der Waals surface area (Å²) in [6, 6.07) is 0. The summed E-state index contributed by atoms with van der Waals surface area (Å²) >= 11 is 0. The van der Waals surface area contributed by atoms with Crippen LogP contribution in [0.2, 0.25) is 0 Å². The van der Waals surface area contributed by atoms with E-state index in [2.05, 4.69) is 5.32 Å². The van der Waals surface area contributed by atoms with Crippen LogP contribution >= 0.6 is 0 Å². The standard InChI is InChI=1S/C13H22N2O4/c1-9(13(18)19)8-15(12(17)11-4-5-11)7-3-6-14-10(2)16/h9,11H,3-8H2,1-2H3,(H,14,16)(H,18,19). The Bertz CT molecular complexity index is 353. The zero-order valence-electron chi connectivity index (χ0n) is 11.5. The first-order valence-corrected chi connectivity index (χ1v) is 6.68. The molecule has 1 saturated carbocycles. The Hall–Kier alpha value is -1.59. The lowest BCUT2D eigenvalue weighted by molar-refractivity contribution is -0.143. The zero-order valence-corrected chi connectivity index (χ0v) is 11.5. The number of rotatable bonds is 8. The lowest BCUT2D eigenvalue weighted by Gasteiger charge is -2.24. The van der Waals surface area contributed by atoms with Gasteiger partial charge >= 0.3 is 5.97 Å². The van der Waals surface area contributed by atoms with E-state index in [0.29, 0.717) is 19.5 Å². The molecule has 0 aromatic heterocycles. The van der Waals surface area contributed by atoms with E-state index < -0.39 is 11.9 Å². The lowest BCUT2D eigenvalue weighted by Crippen LogP contribution is -2.39. The fraction of sp³-hybridized carbons (Fsp3) is 0.769. The second-order valence-electron chi connectivity index (χ2n) is 5.13. The molecule has 0 heterocycles. The number of carbonyl (C=O) groups excluding carboxylic acids is 2. The number of carbonyl (C=O) groups is 3. The molecule has 1 aliphatic rings. The highest BCUT2D eigenvalue weighted by molar-refractivity contribution is 5.81. The molecular formula is C13H22N2O4. The first-order chi connectivity index (χ1) is 8.91. The monoisotopic (exact) mass is 270 g/mol. The van der Waals surface area contributed by atoms with E-state index >= 15 is 0 Å². The highest BCUT2D eigenvalue weighted by Gasteiger charge is 2.34. The van der Waals surface area contributed by atoms with Gasteiger partial charge in [-0.3, -0.25) is 14.4 Å². The molecular weight excluding hydrogens is 248 g/mol. The minimum Gasteiger partial charge on any atom is -0.481 e. The molecule has 1 rings (SSSR count). The molecule has 6 nitrogen and oxygen atoms in total. The Labute approximate surface area is 113 Å². The topological polar surface area (TPSA) is 86.7 Å². The Morgan fingerprint density at radius 2 is 2.00 bits per heavy atom. The van der Waals surface area contributed by atoms with Gasteiger partial charge in [-0.25, -0.2) is 0 Å². The average molecular weight is 270 g/mol. The molecule has 1 unspecified atom stereocenters. The van der Waals surface area contributed by atoms with E-state index in [9.17, 15) is 14.4 Å². The average Bonchev–Trinajstić information content (AvgIpc) is 3.15. The van der Waals surface area contributed by atoms with Crippen LogP contribution in [0.25, 0.3) is 0 Å². The van der Waals surface area contributed by atoms with E-state index in [1.807, 2.05) is 0 Å². The normalized spacial score (nSPS) is 15.7. The third-order valence-electron chi connectivity index (χ3n) is 3.13. The molecule has 2 amide bonds. The second-order valence-corrected chi connectivity index (χ2v) is 5.13. The number of aliphatic carboxylic acids is 1. The molecule has 1 fully saturated rings. The smallest absolute Gasteiger partial charge is 0.308 e. The Morgan fingerprint density at radius 3 is 2.47 bits per heavy atom. The molecule has 0 bridgehead atoms. The molecule has 0 saturated heterocycles. The molecule has 0 spiro atoms. The van der Waals surface area contributed by atoms with Crippen LogP contribution in [0.3, 0.4) is 0 Å². The molecule has 1 atom stereocenters. The van der Waals surface area contributed by atoms with Crippen molar-refractivity contribution in [1.29, 1.82) is 0 Å². The first kappa shape index (κ1) is 15.5. The summed E-state index contributed by atoms with van der Waals surface area (Å²) in [7, 11) is 0. The van der Waals surface area contributed by atoms with Crippen molar-refractivity contribution < 1.29 is 19.5 Å². The molecule has 1 aliphatic carbocycles. The minimum atomic E-state index is -0.893. The molecule has 0 aliphatic heterocycles. The minimum absolute atomic E-state index is 0.0518. The number of carboxylic acid groups (broad SMARTS) is 1. The maximum atomic E-state index is 12.0. The van der Waals surface area contributed by atoms with Crippen molar-refractivity contribution in [3.8, 4) is 0 Å².